The molecular weight excluding hydrogens is 655 g/mol. The van der Waals surface area contributed by atoms with Crippen LogP contribution in [0.2, 0.25) is 0 Å². The van der Waals surface area contributed by atoms with Crippen molar-refractivity contribution in [2.45, 2.75) is 61.3 Å². The predicted molar refractivity (Wildman–Crippen MR) is 203 cm³/mol. The molecule has 0 spiro atoms. The first-order chi connectivity index (χ1) is 22.7. The van der Waals surface area contributed by atoms with Crippen LogP contribution in [0.5, 0.6) is 0 Å². The summed E-state index contributed by atoms with van der Waals surface area (Å²) in [6.07, 6.45) is 8.39. The van der Waals surface area contributed by atoms with Crippen molar-refractivity contribution >= 4 is 15.8 Å². The number of hydrogen-bond donors (Lipinski definition) is 1. The Morgan fingerprint density at radius 3 is 1.00 bits per heavy atom. The van der Waals surface area contributed by atoms with Gasteiger partial charge in [-0.05, 0) is 47.9 Å². The molecule has 0 aromatic heterocycles. The Kier molecular flexibility index (Phi) is 13.8. The van der Waals surface area contributed by atoms with E-state index in [0.717, 1.165) is 28.2 Å². The van der Waals surface area contributed by atoms with Gasteiger partial charge in [-0.3, -0.25) is 0 Å². The van der Waals surface area contributed by atoms with Gasteiger partial charge in [0.15, 0.2) is 0 Å². The zero-order chi connectivity index (χ0) is 31.6. The fourth-order valence-electron chi connectivity index (χ4n) is 7.94. The Morgan fingerprint density at radius 2 is 0.745 bits per heavy atom. The monoisotopic (exact) mass is 703 g/mol. The van der Waals surface area contributed by atoms with Crippen molar-refractivity contribution in [3.05, 3.63) is 185 Å². The van der Waals surface area contributed by atoms with E-state index < -0.39 is 15.8 Å². The largest absolute Gasteiger partial charge is 0.0931 e. The molecule has 2 fully saturated rings. The van der Waals surface area contributed by atoms with Gasteiger partial charge in [0.2, 0.25) is 0 Å². The minimum atomic E-state index is -0.564. The third-order valence-electron chi connectivity index (χ3n) is 10.2. The van der Waals surface area contributed by atoms with Gasteiger partial charge in [0.25, 0.3) is 0 Å². The molecule has 0 amide bonds. The maximum absolute atomic E-state index is 8.41. The van der Waals surface area contributed by atoms with Gasteiger partial charge in [0, 0.05) is 15.8 Å². The van der Waals surface area contributed by atoms with Crippen molar-refractivity contribution in [3.63, 3.8) is 0 Å². The molecule has 5 atom stereocenters. The molecule has 1 N–H and O–H groups in total. The Labute approximate surface area is 294 Å². The SMILES string of the molecule is C[C@H]([N-]O)c1ccccc1.[NiH].c1ccc([C@@H]2CC[C@@H](c3ccccc3)[PH+]2CC[PH+]2[C@H](c3ccccc3)CC[C@H]2c2ccccc2)cc1. The first-order valence-corrected chi connectivity index (χ1v) is 20.8. The summed E-state index contributed by atoms with van der Waals surface area (Å²) in [5, 5.41) is 8.41. The zero-order valence-electron chi connectivity index (χ0n) is 27.3. The van der Waals surface area contributed by atoms with Crippen molar-refractivity contribution in [1.29, 1.82) is 0 Å². The smallest absolute Gasteiger partial charge is 0.0622 e. The van der Waals surface area contributed by atoms with E-state index in [-0.39, 0.29) is 22.5 Å². The molecule has 2 nitrogen and oxygen atoms in total. The van der Waals surface area contributed by atoms with E-state index in [2.05, 4.69) is 127 Å². The summed E-state index contributed by atoms with van der Waals surface area (Å²) in [6, 6.07) is 55.6. The second-order valence-electron chi connectivity index (χ2n) is 12.9. The van der Waals surface area contributed by atoms with Gasteiger partial charge in [-0.15, -0.1) is 0 Å². The Morgan fingerprint density at radius 1 is 0.489 bits per heavy atom. The van der Waals surface area contributed by atoms with Crippen molar-refractivity contribution in [2.24, 2.45) is 0 Å². The Balaban J connectivity index is 0.000000340. The molecule has 2 saturated heterocycles. The van der Waals surface area contributed by atoms with Crippen LogP contribution in [0.4, 0.5) is 0 Å². The predicted octanol–water partition coefficient (Wildman–Crippen LogP) is 12.2. The molecule has 0 saturated carbocycles. The Bertz CT molecular complexity index is 1380. The quantitative estimate of drug-likeness (QED) is 0.0925. The molecule has 247 valence electrons. The van der Waals surface area contributed by atoms with Crippen molar-refractivity contribution in [1.82, 2.24) is 0 Å². The van der Waals surface area contributed by atoms with Gasteiger partial charge in [-0.25, -0.2) is 0 Å². The molecule has 2 aliphatic heterocycles. The number of benzene rings is 5. The van der Waals surface area contributed by atoms with Gasteiger partial charge >= 0.3 is 16.5 Å². The van der Waals surface area contributed by atoms with Crippen LogP contribution in [-0.4, -0.2) is 17.5 Å². The summed E-state index contributed by atoms with van der Waals surface area (Å²) in [6.45, 7) is 1.84. The molecular formula is C42H49NNiOP2+. The molecule has 0 unspecified atom stereocenters. The van der Waals surface area contributed by atoms with Crippen LogP contribution >= 0.6 is 15.8 Å². The fraction of sp³-hybridized carbons (Fsp3) is 0.286. The van der Waals surface area contributed by atoms with Gasteiger partial charge in [-0.1, -0.05) is 170 Å². The van der Waals surface area contributed by atoms with Crippen LogP contribution in [0.25, 0.3) is 5.48 Å². The van der Waals surface area contributed by atoms with Gasteiger partial charge in [0.05, 0.1) is 35.0 Å². The summed E-state index contributed by atoms with van der Waals surface area (Å²) in [7, 11) is -1.13. The Hall–Kier alpha value is -2.63. The number of rotatable bonds is 9. The number of nitrogens with zero attached hydrogens (tertiary/aromatic N) is 1. The van der Waals surface area contributed by atoms with E-state index in [1.54, 1.807) is 22.3 Å². The van der Waals surface area contributed by atoms with Gasteiger partial charge in [0.1, 0.15) is 0 Å². The first kappa shape index (κ1) is 35.7. The summed E-state index contributed by atoms with van der Waals surface area (Å²) in [5.41, 5.74) is 13.8. The minimum absolute atomic E-state index is 0. The standard InChI is InChI=1S/C34H36P2.C8H10NO.Ni.H/c1-5-13-27(14-6-1)31-21-22-32(28-15-7-2-8-16-28)35(31)25-26-36-33(29-17-9-3-10-18-29)23-24-34(36)30-19-11-4-12-20-30;1-7(9-10)8-5-3-2-4-6-8;;/h1-20,31-34H,21-26H2;2-7,10H,1H3;;/q;-1;;/p+2/t31-,32-,33-,34-;7-;;/m00../s1. The average molecular weight is 705 g/mol. The van der Waals surface area contributed by atoms with Gasteiger partial charge < -0.3 is 10.7 Å². The van der Waals surface area contributed by atoms with E-state index in [0.29, 0.717) is 0 Å². The van der Waals surface area contributed by atoms with Crippen LogP contribution in [0.15, 0.2) is 152 Å². The average Bonchev–Trinajstić information content (AvgIpc) is 3.77. The van der Waals surface area contributed by atoms with Gasteiger partial charge in [-0.2, -0.15) is 0 Å². The van der Waals surface area contributed by atoms with E-state index in [1.807, 2.05) is 37.3 Å². The van der Waals surface area contributed by atoms with Crippen LogP contribution in [-0.2, 0) is 16.5 Å². The normalized spacial score (nSPS) is 21.7. The fourth-order valence-corrected chi connectivity index (χ4v) is 17.2. The molecule has 0 radical (unpaired) electrons. The van der Waals surface area contributed by atoms with E-state index in [9.17, 15) is 0 Å². The van der Waals surface area contributed by atoms with Crippen LogP contribution in [0.3, 0.4) is 0 Å². The third kappa shape index (κ3) is 9.09. The molecule has 5 aromatic rings. The molecule has 5 aromatic carbocycles. The topological polar surface area (TPSA) is 34.3 Å². The summed E-state index contributed by atoms with van der Waals surface area (Å²) < 4.78 is 0. The minimum Gasteiger partial charge on any atom is -0.0622 e. The second-order valence-corrected chi connectivity index (χ2v) is 18.9. The summed E-state index contributed by atoms with van der Waals surface area (Å²) in [4.78, 5) is 0. The number of hydrogen-bond acceptors (Lipinski definition) is 1. The molecule has 0 bridgehead atoms. The van der Waals surface area contributed by atoms with E-state index in [4.69, 9.17) is 5.21 Å². The molecule has 7 rings (SSSR count). The summed E-state index contributed by atoms with van der Waals surface area (Å²) >= 11 is 0. The number of hydroxylamine groups is 1. The van der Waals surface area contributed by atoms with Crippen LogP contribution in [0, 0.1) is 0 Å². The van der Waals surface area contributed by atoms with E-state index >= 15 is 0 Å². The molecule has 2 aliphatic rings. The molecule has 0 aliphatic carbocycles. The van der Waals surface area contributed by atoms with Crippen molar-refractivity contribution in [3.8, 4) is 0 Å². The summed E-state index contributed by atoms with van der Waals surface area (Å²) in [5.74, 6) is 0. The molecule has 5 heteroatoms. The van der Waals surface area contributed by atoms with Crippen LogP contribution < -0.4 is 0 Å². The third-order valence-corrected chi connectivity index (χ3v) is 18.5. The molecule has 2 heterocycles. The molecule has 47 heavy (non-hydrogen) atoms. The van der Waals surface area contributed by atoms with E-state index in [1.165, 1.54) is 38.0 Å². The maximum Gasteiger partial charge on any atom is 0.0931 e. The first-order valence-electron chi connectivity index (χ1n) is 17.0. The van der Waals surface area contributed by atoms with Crippen molar-refractivity contribution in [2.75, 3.05) is 12.3 Å². The zero-order valence-corrected chi connectivity index (χ0v) is 30.3. The second kappa shape index (κ2) is 18.2. The maximum atomic E-state index is 8.41. The van der Waals surface area contributed by atoms with Crippen molar-refractivity contribution < 1.29 is 21.7 Å². The van der Waals surface area contributed by atoms with Crippen LogP contribution in [0.1, 0.15) is 89.1 Å².